The van der Waals surface area contributed by atoms with Gasteiger partial charge in [-0.2, -0.15) is 0 Å². The summed E-state index contributed by atoms with van der Waals surface area (Å²) >= 11 is 1.45. The summed E-state index contributed by atoms with van der Waals surface area (Å²) < 4.78 is 26.9. The Labute approximate surface area is 126 Å². The molecule has 8 heteroatoms. The molecule has 0 saturated heterocycles. The van der Waals surface area contributed by atoms with E-state index in [1.54, 1.807) is 5.51 Å². The summed E-state index contributed by atoms with van der Waals surface area (Å²) in [6.07, 6.45) is 0.487. The number of hydrogen-bond donors (Lipinski definition) is 2. The van der Waals surface area contributed by atoms with E-state index in [9.17, 15) is 13.2 Å². The number of carbonyl (C=O) groups is 1. The SMILES string of the molecule is Cc1c(C(=O)O)cccc1S(=O)(=O)NCCc1cscn1. The molecule has 0 spiro atoms. The van der Waals surface area contributed by atoms with Crippen molar-refractivity contribution >= 4 is 27.3 Å². The minimum atomic E-state index is -3.74. The fourth-order valence-corrected chi connectivity index (χ4v) is 3.78. The number of hydrogen-bond acceptors (Lipinski definition) is 5. The van der Waals surface area contributed by atoms with Crippen molar-refractivity contribution in [2.45, 2.75) is 18.2 Å². The van der Waals surface area contributed by atoms with Gasteiger partial charge in [0.25, 0.3) is 0 Å². The summed E-state index contributed by atoms with van der Waals surface area (Å²) in [5.74, 6) is -1.15. The van der Waals surface area contributed by atoms with Gasteiger partial charge in [-0.25, -0.2) is 22.9 Å². The second-order valence-electron chi connectivity index (χ2n) is 4.36. The molecule has 0 aliphatic carbocycles. The van der Waals surface area contributed by atoms with Crippen LogP contribution in [0, 0.1) is 6.92 Å². The molecule has 0 radical (unpaired) electrons. The molecule has 0 saturated carbocycles. The molecule has 0 atom stereocenters. The van der Waals surface area contributed by atoms with E-state index in [1.165, 1.54) is 36.5 Å². The third-order valence-electron chi connectivity index (χ3n) is 2.96. The first-order valence-electron chi connectivity index (χ1n) is 6.11. The summed E-state index contributed by atoms with van der Waals surface area (Å²) in [5.41, 5.74) is 2.71. The highest BCUT2D eigenvalue weighted by molar-refractivity contribution is 7.89. The number of carboxylic acid groups (broad SMARTS) is 1. The normalized spacial score (nSPS) is 11.5. The first-order valence-corrected chi connectivity index (χ1v) is 8.54. The van der Waals surface area contributed by atoms with Crippen molar-refractivity contribution in [1.29, 1.82) is 0 Å². The van der Waals surface area contributed by atoms with Crippen LogP contribution in [0.1, 0.15) is 21.6 Å². The summed E-state index contributed by atoms with van der Waals surface area (Å²) in [6.45, 7) is 1.70. The number of aromatic carboxylic acids is 1. The molecular weight excluding hydrogens is 312 g/mol. The Morgan fingerprint density at radius 2 is 2.19 bits per heavy atom. The monoisotopic (exact) mass is 326 g/mol. The molecule has 0 bridgehead atoms. The van der Waals surface area contributed by atoms with Crippen LogP contribution in [0.5, 0.6) is 0 Å². The lowest BCUT2D eigenvalue weighted by atomic mass is 10.1. The fourth-order valence-electron chi connectivity index (χ4n) is 1.89. The van der Waals surface area contributed by atoms with Crippen LogP contribution in [0.25, 0.3) is 0 Å². The van der Waals surface area contributed by atoms with Gasteiger partial charge in [-0.15, -0.1) is 11.3 Å². The van der Waals surface area contributed by atoms with E-state index < -0.39 is 16.0 Å². The zero-order valence-electron chi connectivity index (χ0n) is 11.2. The van der Waals surface area contributed by atoms with E-state index >= 15 is 0 Å². The standard InChI is InChI=1S/C13H14N2O4S2/c1-9-11(13(16)17)3-2-4-12(9)21(18,19)15-6-5-10-7-20-8-14-10/h2-4,7-8,15H,5-6H2,1H3,(H,16,17). The summed E-state index contributed by atoms with van der Waals surface area (Å²) in [4.78, 5) is 15.1. The van der Waals surface area contributed by atoms with E-state index in [0.717, 1.165) is 5.69 Å². The number of thiazole rings is 1. The number of nitrogens with one attached hydrogen (secondary N) is 1. The smallest absolute Gasteiger partial charge is 0.335 e. The Morgan fingerprint density at radius 3 is 2.81 bits per heavy atom. The Balaban J connectivity index is 2.16. The minimum Gasteiger partial charge on any atom is -0.478 e. The average molecular weight is 326 g/mol. The number of sulfonamides is 1. The quantitative estimate of drug-likeness (QED) is 0.842. The van der Waals surface area contributed by atoms with Crippen LogP contribution in [-0.4, -0.2) is 31.0 Å². The average Bonchev–Trinajstić information content (AvgIpc) is 2.91. The van der Waals surface area contributed by atoms with Gasteiger partial charge in [0.2, 0.25) is 10.0 Å². The lowest BCUT2D eigenvalue weighted by molar-refractivity contribution is 0.0696. The van der Waals surface area contributed by atoms with E-state index in [0.29, 0.717) is 6.42 Å². The first kappa shape index (κ1) is 15.6. The number of aromatic nitrogens is 1. The van der Waals surface area contributed by atoms with Crippen LogP contribution < -0.4 is 4.72 Å². The lowest BCUT2D eigenvalue weighted by Crippen LogP contribution is -2.27. The van der Waals surface area contributed by atoms with Gasteiger partial charge in [0, 0.05) is 18.3 Å². The van der Waals surface area contributed by atoms with Gasteiger partial charge in [0.15, 0.2) is 0 Å². The molecule has 1 aromatic heterocycles. The molecule has 2 aromatic rings. The van der Waals surface area contributed by atoms with Crippen molar-refractivity contribution in [3.63, 3.8) is 0 Å². The molecule has 0 aliphatic heterocycles. The number of carboxylic acids is 1. The fraction of sp³-hybridized carbons (Fsp3) is 0.231. The van der Waals surface area contributed by atoms with Gasteiger partial charge in [-0.1, -0.05) is 6.07 Å². The van der Waals surface area contributed by atoms with E-state index in [-0.39, 0.29) is 22.6 Å². The van der Waals surface area contributed by atoms with Gasteiger partial charge in [-0.3, -0.25) is 0 Å². The number of nitrogens with zero attached hydrogens (tertiary/aromatic N) is 1. The van der Waals surface area contributed by atoms with Crippen LogP contribution in [0.2, 0.25) is 0 Å². The van der Waals surface area contributed by atoms with Gasteiger partial charge in [-0.05, 0) is 24.6 Å². The van der Waals surface area contributed by atoms with Crippen molar-refractivity contribution < 1.29 is 18.3 Å². The molecule has 6 nitrogen and oxygen atoms in total. The summed E-state index contributed by atoms with van der Waals surface area (Å²) in [6, 6.07) is 4.20. The highest BCUT2D eigenvalue weighted by atomic mass is 32.2. The van der Waals surface area contributed by atoms with Crippen molar-refractivity contribution in [1.82, 2.24) is 9.71 Å². The Hall–Kier alpha value is -1.77. The highest BCUT2D eigenvalue weighted by Crippen LogP contribution is 2.18. The Morgan fingerprint density at radius 1 is 1.43 bits per heavy atom. The summed E-state index contributed by atoms with van der Waals surface area (Å²) in [5, 5.41) is 10.9. The number of benzene rings is 1. The van der Waals surface area contributed by atoms with Crippen molar-refractivity contribution in [3.8, 4) is 0 Å². The molecule has 2 N–H and O–H groups in total. The predicted molar refractivity (Wildman–Crippen MR) is 79.1 cm³/mol. The van der Waals surface area contributed by atoms with Gasteiger partial charge >= 0.3 is 5.97 Å². The molecule has 21 heavy (non-hydrogen) atoms. The molecule has 0 fully saturated rings. The predicted octanol–water partition coefficient (Wildman–Crippen LogP) is 1.67. The lowest BCUT2D eigenvalue weighted by Gasteiger charge is -2.10. The van der Waals surface area contributed by atoms with Crippen molar-refractivity contribution in [3.05, 3.63) is 45.9 Å². The van der Waals surface area contributed by atoms with Crippen LogP contribution in [0.3, 0.4) is 0 Å². The second-order valence-corrected chi connectivity index (χ2v) is 6.82. The van der Waals surface area contributed by atoms with E-state index in [4.69, 9.17) is 5.11 Å². The Bertz CT molecular complexity index is 740. The zero-order valence-corrected chi connectivity index (χ0v) is 12.9. The van der Waals surface area contributed by atoms with Crippen LogP contribution in [0.4, 0.5) is 0 Å². The maximum Gasteiger partial charge on any atom is 0.335 e. The molecule has 0 aliphatic rings. The first-order chi connectivity index (χ1) is 9.92. The maximum absolute atomic E-state index is 12.2. The zero-order chi connectivity index (χ0) is 15.5. The molecule has 0 amide bonds. The molecular formula is C13H14N2O4S2. The largest absolute Gasteiger partial charge is 0.478 e. The second kappa shape index (κ2) is 6.33. The van der Waals surface area contributed by atoms with Crippen LogP contribution in [0.15, 0.2) is 34.0 Å². The molecule has 0 unspecified atom stereocenters. The number of rotatable bonds is 6. The third kappa shape index (κ3) is 3.66. The third-order valence-corrected chi connectivity index (χ3v) is 5.20. The van der Waals surface area contributed by atoms with E-state index in [1.807, 2.05) is 5.38 Å². The molecule has 112 valence electrons. The minimum absolute atomic E-state index is 0.0133. The van der Waals surface area contributed by atoms with Gasteiger partial charge < -0.3 is 5.11 Å². The van der Waals surface area contributed by atoms with Crippen LogP contribution in [-0.2, 0) is 16.4 Å². The Kier molecular flexibility index (Phi) is 4.71. The maximum atomic E-state index is 12.2. The molecule has 1 heterocycles. The van der Waals surface area contributed by atoms with Crippen molar-refractivity contribution in [2.24, 2.45) is 0 Å². The topological polar surface area (TPSA) is 96.4 Å². The van der Waals surface area contributed by atoms with E-state index in [2.05, 4.69) is 9.71 Å². The molecule has 1 aromatic carbocycles. The van der Waals surface area contributed by atoms with Crippen LogP contribution >= 0.6 is 11.3 Å². The summed E-state index contributed by atoms with van der Waals surface area (Å²) in [7, 11) is -3.74. The highest BCUT2D eigenvalue weighted by Gasteiger charge is 2.20. The van der Waals surface area contributed by atoms with Crippen molar-refractivity contribution in [2.75, 3.05) is 6.54 Å². The van der Waals surface area contributed by atoms with Gasteiger partial charge in [0.05, 0.1) is 21.7 Å². The molecule has 2 rings (SSSR count). The van der Waals surface area contributed by atoms with Gasteiger partial charge in [0.1, 0.15) is 0 Å².